The van der Waals surface area contributed by atoms with Gasteiger partial charge in [-0.25, -0.2) is 15.4 Å². The zero-order chi connectivity index (χ0) is 11.9. The van der Waals surface area contributed by atoms with E-state index in [-0.39, 0.29) is 0 Å². The zero-order valence-corrected chi connectivity index (χ0v) is 9.96. The Balaban J connectivity index is 2.03. The number of hydrogen-bond acceptors (Lipinski definition) is 6. The first-order valence-corrected chi connectivity index (χ1v) is 5.80. The van der Waals surface area contributed by atoms with Crippen LogP contribution in [0.15, 0.2) is 17.5 Å². The minimum Gasteiger partial charge on any atom is -0.399 e. The molecule has 6 nitrogen and oxygen atoms in total. The second kappa shape index (κ2) is 6.15. The number of anilines is 1. The van der Waals surface area contributed by atoms with Gasteiger partial charge in [0.2, 0.25) is 5.95 Å². The van der Waals surface area contributed by atoms with Crippen LogP contribution in [0, 0.1) is 0 Å². The maximum absolute atomic E-state index is 4.60. The number of rotatable bonds is 3. The van der Waals surface area contributed by atoms with Crippen LogP contribution in [0.5, 0.6) is 0 Å². The normalized spacial score (nSPS) is 17.1. The number of aromatic nitrogens is 2. The highest BCUT2D eigenvalue weighted by atomic mass is 16.6. The van der Waals surface area contributed by atoms with Crippen LogP contribution in [0.3, 0.4) is 0 Å². The van der Waals surface area contributed by atoms with Crippen LogP contribution in [0.1, 0.15) is 24.8 Å². The van der Waals surface area contributed by atoms with Crippen molar-refractivity contribution in [1.82, 2.24) is 15.4 Å². The van der Waals surface area contributed by atoms with Gasteiger partial charge < -0.3 is 4.84 Å². The molecule has 2 rings (SSSR count). The molecule has 1 aromatic heterocycles. The monoisotopic (exact) mass is 235 g/mol. The Labute approximate surface area is 101 Å². The SMILES string of the molecule is CON=Cc1cnc(N2CCCCCN2)nc1. The molecular formula is C11H17N5O. The van der Waals surface area contributed by atoms with Crippen LogP contribution in [0.25, 0.3) is 0 Å². The van der Waals surface area contributed by atoms with Crippen LogP contribution in [-0.2, 0) is 4.84 Å². The van der Waals surface area contributed by atoms with E-state index in [2.05, 4.69) is 25.4 Å². The van der Waals surface area contributed by atoms with E-state index in [1.165, 1.54) is 26.4 Å². The topological polar surface area (TPSA) is 62.6 Å². The first kappa shape index (κ1) is 11.8. The molecule has 17 heavy (non-hydrogen) atoms. The maximum atomic E-state index is 4.60. The Morgan fingerprint density at radius 2 is 2.18 bits per heavy atom. The lowest BCUT2D eigenvalue weighted by molar-refractivity contribution is 0.215. The van der Waals surface area contributed by atoms with E-state index in [4.69, 9.17) is 0 Å². The van der Waals surface area contributed by atoms with Gasteiger partial charge in [-0.3, -0.25) is 5.01 Å². The summed E-state index contributed by atoms with van der Waals surface area (Å²) in [6.07, 6.45) is 8.68. The van der Waals surface area contributed by atoms with Crippen molar-refractivity contribution in [3.05, 3.63) is 18.0 Å². The van der Waals surface area contributed by atoms with Crippen LogP contribution in [0.2, 0.25) is 0 Å². The van der Waals surface area contributed by atoms with E-state index < -0.39 is 0 Å². The van der Waals surface area contributed by atoms with Crippen LogP contribution in [-0.4, -0.2) is 36.4 Å². The van der Waals surface area contributed by atoms with E-state index in [1.807, 2.05) is 5.01 Å². The van der Waals surface area contributed by atoms with Crippen molar-refractivity contribution in [3.63, 3.8) is 0 Å². The molecule has 1 aliphatic rings. The maximum Gasteiger partial charge on any atom is 0.239 e. The van der Waals surface area contributed by atoms with Gasteiger partial charge in [-0.1, -0.05) is 11.6 Å². The van der Waals surface area contributed by atoms with Crippen molar-refractivity contribution in [2.24, 2.45) is 5.16 Å². The second-order valence-corrected chi connectivity index (χ2v) is 3.85. The third kappa shape index (κ3) is 3.39. The quantitative estimate of drug-likeness (QED) is 0.624. The summed E-state index contributed by atoms with van der Waals surface area (Å²) in [5.41, 5.74) is 4.13. The van der Waals surface area contributed by atoms with Gasteiger partial charge in [-0.2, -0.15) is 0 Å². The lowest BCUT2D eigenvalue weighted by atomic mass is 10.2. The first-order valence-electron chi connectivity index (χ1n) is 5.80. The Morgan fingerprint density at radius 3 is 2.94 bits per heavy atom. The summed E-state index contributed by atoms with van der Waals surface area (Å²) in [6.45, 7) is 1.93. The predicted molar refractivity (Wildman–Crippen MR) is 65.8 cm³/mol. The molecular weight excluding hydrogens is 218 g/mol. The zero-order valence-electron chi connectivity index (χ0n) is 9.96. The number of hydrogen-bond donors (Lipinski definition) is 1. The van der Waals surface area contributed by atoms with Gasteiger partial charge in [0, 0.05) is 31.0 Å². The summed E-state index contributed by atoms with van der Waals surface area (Å²) >= 11 is 0. The molecule has 2 heterocycles. The molecule has 92 valence electrons. The summed E-state index contributed by atoms with van der Waals surface area (Å²) in [5, 5.41) is 5.67. The Bertz CT molecular complexity index is 357. The molecule has 0 amide bonds. The van der Waals surface area contributed by atoms with Gasteiger partial charge in [-0.15, -0.1) is 0 Å². The minimum absolute atomic E-state index is 0.710. The van der Waals surface area contributed by atoms with Crippen molar-refractivity contribution < 1.29 is 4.84 Å². The van der Waals surface area contributed by atoms with Gasteiger partial charge in [0.1, 0.15) is 7.11 Å². The summed E-state index contributed by atoms with van der Waals surface area (Å²) in [6, 6.07) is 0. The first-order chi connectivity index (χ1) is 8.40. The van der Waals surface area contributed by atoms with Crippen molar-refractivity contribution in [1.29, 1.82) is 0 Å². The van der Waals surface area contributed by atoms with Gasteiger partial charge in [-0.05, 0) is 12.8 Å². The predicted octanol–water partition coefficient (Wildman–Crippen LogP) is 0.952. The highest BCUT2D eigenvalue weighted by Gasteiger charge is 2.11. The average molecular weight is 235 g/mol. The third-order valence-corrected chi connectivity index (χ3v) is 2.57. The Hall–Kier alpha value is -1.69. The summed E-state index contributed by atoms with van der Waals surface area (Å²) in [7, 11) is 1.51. The molecule has 0 bridgehead atoms. The van der Waals surface area contributed by atoms with Crippen LogP contribution in [0.4, 0.5) is 5.95 Å². The molecule has 0 atom stereocenters. The second-order valence-electron chi connectivity index (χ2n) is 3.85. The van der Waals surface area contributed by atoms with Crippen molar-refractivity contribution in [2.75, 3.05) is 25.2 Å². The molecule has 1 aliphatic heterocycles. The van der Waals surface area contributed by atoms with E-state index >= 15 is 0 Å². The molecule has 0 aromatic carbocycles. The molecule has 0 spiro atoms. The highest BCUT2D eigenvalue weighted by Crippen LogP contribution is 2.09. The van der Waals surface area contributed by atoms with E-state index in [0.717, 1.165) is 18.7 Å². The number of hydrazine groups is 1. The fraction of sp³-hybridized carbons (Fsp3) is 0.545. The van der Waals surface area contributed by atoms with E-state index in [1.54, 1.807) is 18.6 Å². The molecule has 1 N–H and O–H groups in total. The largest absolute Gasteiger partial charge is 0.399 e. The number of nitrogens with one attached hydrogen (secondary N) is 1. The van der Waals surface area contributed by atoms with E-state index in [9.17, 15) is 0 Å². The molecule has 1 saturated heterocycles. The molecule has 0 unspecified atom stereocenters. The van der Waals surface area contributed by atoms with Gasteiger partial charge in [0.25, 0.3) is 0 Å². The van der Waals surface area contributed by atoms with Crippen molar-refractivity contribution in [3.8, 4) is 0 Å². The van der Waals surface area contributed by atoms with Gasteiger partial charge >= 0.3 is 0 Å². The van der Waals surface area contributed by atoms with E-state index in [0.29, 0.717) is 5.95 Å². The average Bonchev–Trinajstić information content (AvgIpc) is 2.66. The molecule has 1 fully saturated rings. The lowest BCUT2D eigenvalue weighted by Gasteiger charge is -2.20. The fourth-order valence-corrected chi connectivity index (χ4v) is 1.69. The third-order valence-electron chi connectivity index (χ3n) is 2.57. The number of nitrogens with zero attached hydrogens (tertiary/aromatic N) is 4. The van der Waals surface area contributed by atoms with Gasteiger partial charge in [0.15, 0.2) is 0 Å². The van der Waals surface area contributed by atoms with Crippen molar-refractivity contribution in [2.45, 2.75) is 19.3 Å². The standard InChI is InChI=1S/C11H17N5O/c1-17-15-9-10-7-12-11(13-8-10)16-6-4-2-3-5-14-16/h7-9,14H,2-6H2,1H3. The Morgan fingerprint density at radius 1 is 1.35 bits per heavy atom. The summed E-state index contributed by atoms with van der Waals surface area (Å²) < 4.78 is 0. The van der Waals surface area contributed by atoms with Gasteiger partial charge in [0.05, 0.1) is 6.21 Å². The lowest BCUT2D eigenvalue weighted by Crippen LogP contribution is -2.38. The Kier molecular flexibility index (Phi) is 4.26. The van der Waals surface area contributed by atoms with Crippen LogP contribution < -0.4 is 10.4 Å². The number of oxime groups is 1. The molecule has 0 aliphatic carbocycles. The molecule has 0 radical (unpaired) electrons. The van der Waals surface area contributed by atoms with Crippen molar-refractivity contribution >= 4 is 12.2 Å². The fourth-order valence-electron chi connectivity index (χ4n) is 1.69. The molecule has 6 heteroatoms. The smallest absolute Gasteiger partial charge is 0.239 e. The minimum atomic E-state index is 0.710. The highest BCUT2D eigenvalue weighted by molar-refractivity contribution is 5.78. The molecule has 1 aromatic rings. The summed E-state index contributed by atoms with van der Waals surface area (Å²) in [4.78, 5) is 13.2. The van der Waals surface area contributed by atoms with Crippen LogP contribution >= 0.6 is 0 Å². The summed E-state index contributed by atoms with van der Waals surface area (Å²) in [5.74, 6) is 0.710. The molecule has 0 saturated carbocycles.